The van der Waals surface area contributed by atoms with Gasteiger partial charge in [-0.25, -0.2) is 13.2 Å². The van der Waals surface area contributed by atoms with Gasteiger partial charge >= 0.3 is 5.97 Å². The maximum absolute atomic E-state index is 13.0. The summed E-state index contributed by atoms with van der Waals surface area (Å²) in [7, 11) is -3.92. The molecule has 37 heavy (non-hydrogen) atoms. The van der Waals surface area contributed by atoms with Gasteiger partial charge in [-0.2, -0.15) is 0 Å². The lowest BCUT2D eigenvalue weighted by molar-refractivity contribution is 0.0526. The highest BCUT2D eigenvalue weighted by molar-refractivity contribution is 7.92. The van der Waals surface area contributed by atoms with E-state index in [-0.39, 0.29) is 33.1 Å². The van der Waals surface area contributed by atoms with Crippen LogP contribution in [0.3, 0.4) is 0 Å². The van der Waals surface area contributed by atoms with Gasteiger partial charge in [-0.05, 0) is 72.1 Å². The monoisotopic (exact) mass is 555 g/mol. The summed E-state index contributed by atoms with van der Waals surface area (Å²) < 4.78 is 33.2. The minimum absolute atomic E-state index is 0.0398. The lowest BCUT2D eigenvalue weighted by atomic mass is 9.97. The Morgan fingerprint density at radius 3 is 2.27 bits per heavy atom. The minimum atomic E-state index is -3.92. The van der Waals surface area contributed by atoms with E-state index in [0.717, 1.165) is 10.9 Å². The van der Waals surface area contributed by atoms with Crippen molar-refractivity contribution in [3.8, 4) is 0 Å². The van der Waals surface area contributed by atoms with Gasteiger partial charge in [0.05, 0.1) is 17.1 Å². The van der Waals surface area contributed by atoms with Gasteiger partial charge < -0.3 is 4.74 Å². The molecule has 0 fully saturated rings. The zero-order valence-corrected chi connectivity index (χ0v) is 22.2. The molecule has 0 aromatic heterocycles. The molecule has 0 atom stereocenters. The number of esters is 1. The first-order valence-electron chi connectivity index (χ1n) is 11.5. The van der Waals surface area contributed by atoms with Crippen molar-refractivity contribution in [2.75, 3.05) is 11.3 Å². The molecule has 0 bridgehead atoms. The van der Waals surface area contributed by atoms with Gasteiger partial charge in [-0.1, -0.05) is 59.6 Å². The van der Waals surface area contributed by atoms with Crippen molar-refractivity contribution >= 4 is 61.4 Å². The van der Waals surface area contributed by atoms with E-state index in [0.29, 0.717) is 35.2 Å². The highest BCUT2D eigenvalue weighted by Gasteiger charge is 2.17. The van der Waals surface area contributed by atoms with E-state index < -0.39 is 10.0 Å². The number of halogens is 2. The summed E-state index contributed by atoms with van der Waals surface area (Å²) >= 11 is 11.9. The summed E-state index contributed by atoms with van der Waals surface area (Å²) in [6.45, 7) is 2.06. The Bertz CT molecular complexity index is 1560. The Hall–Kier alpha value is -3.39. The smallest absolute Gasteiger partial charge is 0.338 e. The maximum atomic E-state index is 13.0. The second-order valence-electron chi connectivity index (χ2n) is 8.29. The molecule has 4 aromatic carbocycles. The van der Waals surface area contributed by atoms with E-state index in [9.17, 15) is 18.0 Å². The van der Waals surface area contributed by atoms with Crippen molar-refractivity contribution in [1.29, 1.82) is 0 Å². The number of aryl methyl sites for hydroxylation is 1. The summed E-state index contributed by atoms with van der Waals surface area (Å²) in [5, 5.41) is 1.86. The SMILES string of the molecule is CCOC(=O)c1ccc(CCC(=O)c2cccc3cc(NS(=O)(=O)c4cc(Cl)cc(Cl)c4)ccc23)cc1. The molecule has 0 aliphatic heterocycles. The first-order valence-corrected chi connectivity index (χ1v) is 13.7. The van der Waals surface area contributed by atoms with Gasteiger partial charge in [0.2, 0.25) is 0 Å². The molecule has 0 unspecified atom stereocenters. The molecule has 0 saturated carbocycles. The van der Waals surface area contributed by atoms with Crippen molar-refractivity contribution in [3.63, 3.8) is 0 Å². The fraction of sp³-hybridized carbons (Fsp3) is 0.143. The quantitative estimate of drug-likeness (QED) is 0.178. The molecular weight excluding hydrogens is 533 g/mol. The molecule has 1 N–H and O–H groups in total. The third-order valence-corrected chi connectivity index (χ3v) is 7.48. The standard InChI is InChI=1S/C28H23Cl2NO5S/c1-2-36-28(33)19-9-6-18(7-10-19)8-13-27(32)26-5-3-4-20-14-23(11-12-25(20)26)31-37(34,35)24-16-21(29)15-22(30)17-24/h3-7,9-12,14-17,31H,2,8,13H2,1H3. The first-order chi connectivity index (χ1) is 17.7. The molecule has 0 spiro atoms. The van der Waals surface area contributed by atoms with Crippen molar-refractivity contribution in [2.24, 2.45) is 0 Å². The third-order valence-electron chi connectivity index (χ3n) is 5.69. The average Bonchev–Trinajstić information content (AvgIpc) is 2.86. The van der Waals surface area contributed by atoms with Crippen LogP contribution in [0.15, 0.2) is 83.8 Å². The highest BCUT2D eigenvalue weighted by Crippen LogP contribution is 2.27. The number of carbonyl (C=O) groups excluding carboxylic acids is 2. The van der Waals surface area contributed by atoms with Gasteiger partial charge in [0.15, 0.2) is 5.78 Å². The molecule has 4 aromatic rings. The number of ketones is 1. The molecular formula is C28H23Cl2NO5S. The Kier molecular flexibility index (Phi) is 8.17. The van der Waals surface area contributed by atoms with Crippen LogP contribution in [-0.4, -0.2) is 26.8 Å². The second kappa shape index (κ2) is 11.3. The number of carbonyl (C=O) groups is 2. The van der Waals surface area contributed by atoms with Crippen LogP contribution in [0.1, 0.15) is 39.6 Å². The van der Waals surface area contributed by atoms with Gasteiger partial charge in [0.25, 0.3) is 10.0 Å². The molecule has 0 radical (unpaired) electrons. The molecule has 0 amide bonds. The molecule has 0 aliphatic rings. The number of sulfonamides is 1. The number of hydrogen-bond acceptors (Lipinski definition) is 5. The van der Waals surface area contributed by atoms with Crippen LogP contribution in [0.25, 0.3) is 10.8 Å². The van der Waals surface area contributed by atoms with Crippen LogP contribution in [0.2, 0.25) is 10.0 Å². The molecule has 0 heterocycles. The van der Waals surface area contributed by atoms with Crippen LogP contribution in [0, 0.1) is 0 Å². The van der Waals surface area contributed by atoms with E-state index in [1.165, 1.54) is 18.2 Å². The minimum Gasteiger partial charge on any atom is -0.462 e. The molecule has 0 saturated heterocycles. The average molecular weight is 556 g/mol. The number of Topliss-reactive ketones (excluding diaryl/α,β-unsaturated/α-hetero) is 1. The Morgan fingerprint density at radius 1 is 0.892 bits per heavy atom. The van der Waals surface area contributed by atoms with Crippen LogP contribution in [0.4, 0.5) is 5.69 Å². The molecule has 9 heteroatoms. The summed E-state index contributed by atoms with van der Waals surface area (Å²) in [6.07, 6.45) is 0.792. The second-order valence-corrected chi connectivity index (χ2v) is 10.8. The summed E-state index contributed by atoms with van der Waals surface area (Å²) in [5.41, 5.74) is 2.29. The van der Waals surface area contributed by atoms with Crippen LogP contribution < -0.4 is 4.72 Å². The maximum Gasteiger partial charge on any atom is 0.338 e. The fourth-order valence-corrected chi connectivity index (χ4v) is 5.68. The van der Waals surface area contributed by atoms with Gasteiger partial charge in [0.1, 0.15) is 0 Å². The number of anilines is 1. The Morgan fingerprint density at radius 2 is 1.59 bits per heavy atom. The number of rotatable bonds is 9. The van der Waals surface area contributed by atoms with Crippen LogP contribution in [-0.2, 0) is 21.2 Å². The van der Waals surface area contributed by atoms with Gasteiger partial charge in [-0.15, -0.1) is 0 Å². The highest BCUT2D eigenvalue weighted by atomic mass is 35.5. The van der Waals surface area contributed by atoms with Gasteiger partial charge in [0, 0.05) is 27.7 Å². The zero-order chi connectivity index (χ0) is 26.6. The Balaban J connectivity index is 1.49. The predicted octanol–water partition coefficient (Wildman–Crippen LogP) is 6.94. The zero-order valence-electron chi connectivity index (χ0n) is 19.8. The summed E-state index contributed by atoms with van der Waals surface area (Å²) in [4.78, 5) is 24.8. The van der Waals surface area contributed by atoms with Gasteiger partial charge in [-0.3, -0.25) is 9.52 Å². The number of nitrogens with one attached hydrogen (secondary N) is 1. The van der Waals surface area contributed by atoms with E-state index in [2.05, 4.69) is 4.72 Å². The first kappa shape index (κ1) is 26.7. The summed E-state index contributed by atoms with van der Waals surface area (Å²) in [5.74, 6) is -0.416. The fourth-order valence-electron chi connectivity index (χ4n) is 3.90. The number of ether oxygens (including phenoxy) is 1. The van der Waals surface area contributed by atoms with Crippen LogP contribution >= 0.6 is 23.2 Å². The molecule has 4 rings (SSSR count). The van der Waals surface area contributed by atoms with Crippen molar-refractivity contribution in [2.45, 2.75) is 24.7 Å². The molecule has 190 valence electrons. The van der Waals surface area contributed by atoms with Crippen LogP contribution in [0.5, 0.6) is 0 Å². The molecule has 6 nitrogen and oxygen atoms in total. The number of fused-ring (bicyclic) bond motifs is 1. The predicted molar refractivity (Wildman–Crippen MR) is 146 cm³/mol. The topological polar surface area (TPSA) is 89.5 Å². The van der Waals surface area contributed by atoms with Crippen molar-refractivity contribution in [1.82, 2.24) is 0 Å². The van der Waals surface area contributed by atoms with E-state index in [1.807, 2.05) is 18.2 Å². The molecule has 0 aliphatic carbocycles. The normalized spacial score (nSPS) is 11.3. The lowest BCUT2D eigenvalue weighted by Crippen LogP contribution is -2.13. The Labute approximate surface area is 225 Å². The largest absolute Gasteiger partial charge is 0.462 e. The van der Waals surface area contributed by atoms with E-state index in [1.54, 1.807) is 49.4 Å². The summed E-state index contributed by atoms with van der Waals surface area (Å²) in [6, 6.07) is 21.4. The lowest BCUT2D eigenvalue weighted by Gasteiger charge is -2.11. The number of benzene rings is 4. The van der Waals surface area contributed by atoms with E-state index >= 15 is 0 Å². The third kappa shape index (κ3) is 6.49. The van der Waals surface area contributed by atoms with Crippen molar-refractivity contribution in [3.05, 3.63) is 106 Å². The van der Waals surface area contributed by atoms with E-state index in [4.69, 9.17) is 27.9 Å². The van der Waals surface area contributed by atoms with Crippen molar-refractivity contribution < 1.29 is 22.7 Å². The number of hydrogen-bond donors (Lipinski definition) is 1.